The van der Waals surface area contributed by atoms with Crippen LogP contribution in [0.4, 0.5) is 0 Å². The van der Waals surface area contributed by atoms with Crippen molar-refractivity contribution in [3.05, 3.63) is 23.3 Å². The first-order chi connectivity index (χ1) is 13.1. The van der Waals surface area contributed by atoms with Gasteiger partial charge in [-0.1, -0.05) is 88.0 Å². The predicted molar refractivity (Wildman–Crippen MR) is 119 cm³/mol. The van der Waals surface area contributed by atoms with Crippen molar-refractivity contribution in [3.63, 3.8) is 0 Å². The third-order valence-corrected chi connectivity index (χ3v) is 5.34. The van der Waals surface area contributed by atoms with E-state index in [9.17, 15) is 4.79 Å². The second-order valence-corrected chi connectivity index (χ2v) is 8.19. The van der Waals surface area contributed by atoms with Gasteiger partial charge in [0.1, 0.15) is 0 Å². The van der Waals surface area contributed by atoms with Crippen LogP contribution in [0.2, 0.25) is 0 Å². The molecule has 2 nitrogen and oxygen atoms in total. The van der Waals surface area contributed by atoms with E-state index in [0.717, 1.165) is 12.8 Å². The van der Waals surface area contributed by atoms with E-state index < -0.39 is 5.97 Å². The molecule has 0 spiro atoms. The van der Waals surface area contributed by atoms with E-state index in [1.54, 1.807) is 0 Å². The number of hydrogen-bond donors (Lipinski definition) is 1. The molecule has 0 aliphatic rings. The Labute approximate surface area is 169 Å². The summed E-state index contributed by atoms with van der Waals surface area (Å²) in [6, 6.07) is 0. The van der Waals surface area contributed by atoms with Crippen molar-refractivity contribution in [3.8, 4) is 0 Å². The second kappa shape index (κ2) is 19.7. The number of carbonyl (C=O) groups is 1. The Kier molecular flexibility index (Phi) is 18.9. The van der Waals surface area contributed by atoms with Gasteiger partial charge < -0.3 is 5.11 Å². The lowest BCUT2D eigenvalue weighted by atomic mass is 9.98. The van der Waals surface area contributed by atoms with E-state index in [4.69, 9.17) is 5.11 Å². The third-order valence-electron chi connectivity index (χ3n) is 5.34. The van der Waals surface area contributed by atoms with E-state index in [0.29, 0.717) is 0 Å². The highest BCUT2D eigenvalue weighted by atomic mass is 16.4. The maximum absolute atomic E-state index is 10.7. The number of rotatable bonds is 19. The molecule has 1 N–H and O–H groups in total. The molecule has 0 radical (unpaired) electrons. The van der Waals surface area contributed by atoms with E-state index >= 15 is 0 Å². The van der Waals surface area contributed by atoms with Gasteiger partial charge >= 0.3 is 5.97 Å². The fourth-order valence-electron chi connectivity index (χ4n) is 3.47. The quantitative estimate of drug-likeness (QED) is 0.180. The summed E-state index contributed by atoms with van der Waals surface area (Å²) in [7, 11) is 0. The number of allylic oxidation sites excluding steroid dienone is 4. The van der Waals surface area contributed by atoms with Gasteiger partial charge in [-0.05, 0) is 58.8 Å². The fourth-order valence-corrected chi connectivity index (χ4v) is 3.47. The largest absolute Gasteiger partial charge is 0.481 e. The number of unbranched alkanes of at least 4 members (excludes halogenated alkanes) is 12. The number of carboxylic acids is 1. The Hall–Kier alpha value is -1.05. The van der Waals surface area contributed by atoms with Crippen LogP contribution in [0, 0.1) is 0 Å². The van der Waals surface area contributed by atoms with Gasteiger partial charge in [0, 0.05) is 6.42 Å². The molecule has 0 unspecified atom stereocenters. The van der Waals surface area contributed by atoms with Gasteiger partial charge in [-0.25, -0.2) is 0 Å². The molecular formula is C25H46O2. The molecule has 0 aliphatic carbocycles. The van der Waals surface area contributed by atoms with Gasteiger partial charge in [0.25, 0.3) is 0 Å². The lowest BCUT2D eigenvalue weighted by Crippen LogP contribution is -1.97. The zero-order valence-electron chi connectivity index (χ0n) is 18.5. The van der Waals surface area contributed by atoms with Gasteiger partial charge in [-0.2, -0.15) is 0 Å². The molecule has 158 valence electrons. The zero-order chi connectivity index (χ0) is 20.2. The summed E-state index contributed by atoms with van der Waals surface area (Å²) in [4.78, 5) is 10.7. The molecule has 2 heteroatoms. The van der Waals surface area contributed by atoms with Crippen LogP contribution in [0.15, 0.2) is 23.3 Å². The van der Waals surface area contributed by atoms with Gasteiger partial charge in [-0.3, -0.25) is 4.79 Å². The molecule has 0 fully saturated rings. The Morgan fingerprint density at radius 3 is 1.63 bits per heavy atom. The van der Waals surface area contributed by atoms with Gasteiger partial charge in [0.15, 0.2) is 0 Å². The maximum atomic E-state index is 10.7. The van der Waals surface area contributed by atoms with Gasteiger partial charge in [0.05, 0.1) is 0 Å². The highest BCUT2D eigenvalue weighted by molar-refractivity contribution is 5.67. The van der Waals surface area contributed by atoms with Crippen molar-refractivity contribution in [1.29, 1.82) is 0 Å². The van der Waals surface area contributed by atoms with Gasteiger partial charge in [-0.15, -0.1) is 0 Å². The van der Waals surface area contributed by atoms with Crippen molar-refractivity contribution in [2.75, 3.05) is 0 Å². The van der Waals surface area contributed by atoms with Crippen LogP contribution in [0.3, 0.4) is 0 Å². The Morgan fingerprint density at radius 1 is 0.667 bits per heavy atom. The van der Waals surface area contributed by atoms with Gasteiger partial charge in [0.2, 0.25) is 0 Å². The van der Waals surface area contributed by atoms with Crippen LogP contribution in [0.25, 0.3) is 0 Å². The maximum Gasteiger partial charge on any atom is 0.303 e. The summed E-state index contributed by atoms with van der Waals surface area (Å²) in [5, 5.41) is 8.83. The molecular weight excluding hydrogens is 332 g/mol. The minimum atomic E-state index is -0.685. The van der Waals surface area contributed by atoms with E-state index in [2.05, 4.69) is 32.9 Å². The average molecular weight is 379 g/mol. The van der Waals surface area contributed by atoms with Crippen LogP contribution >= 0.6 is 0 Å². The van der Waals surface area contributed by atoms with Crippen molar-refractivity contribution in [2.45, 2.75) is 130 Å². The lowest BCUT2D eigenvalue weighted by Gasteiger charge is -2.09. The molecule has 0 rings (SSSR count). The first-order valence-corrected chi connectivity index (χ1v) is 11.6. The molecule has 0 saturated carbocycles. The van der Waals surface area contributed by atoms with E-state index in [1.165, 1.54) is 101 Å². The van der Waals surface area contributed by atoms with Crippen molar-refractivity contribution < 1.29 is 9.90 Å². The SMILES string of the molecule is CCCCCCCC/C=C/CCCCCCCCC(CCC(=O)O)=C(C)C. The number of hydrogen-bond acceptors (Lipinski definition) is 1. The molecule has 0 aliphatic heterocycles. The summed E-state index contributed by atoms with van der Waals surface area (Å²) in [6.07, 6.45) is 25.5. The van der Waals surface area contributed by atoms with Crippen molar-refractivity contribution >= 4 is 5.97 Å². The average Bonchev–Trinajstić information content (AvgIpc) is 2.63. The summed E-state index contributed by atoms with van der Waals surface area (Å²) >= 11 is 0. The summed E-state index contributed by atoms with van der Waals surface area (Å²) in [6.45, 7) is 6.49. The molecule has 0 aromatic carbocycles. The van der Waals surface area contributed by atoms with Crippen molar-refractivity contribution in [1.82, 2.24) is 0 Å². The topological polar surface area (TPSA) is 37.3 Å². The summed E-state index contributed by atoms with van der Waals surface area (Å²) < 4.78 is 0. The smallest absolute Gasteiger partial charge is 0.303 e. The monoisotopic (exact) mass is 378 g/mol. The number of aliphatic carboxylic acids is 1. The molecule has 0 aromatic rings. The Bertz CT molecular complexity index is 403. The second-order valence-electron chi connectivity index (χ2n) is 8.19. The molecule has 27 heavy (non-hydrogen) atoms. The standard InChI is InChI=1S/C25H46O2/c1-4-5-6-7-8-9-10-11-12-13-14-15-16-17-18-19-20-24(23(2)3)21-22-25(26)27/h11-12H,4-10,13-22H2,1-3H3,(H,26,27)/b12-11+. The highest BCUT2D eigenvalue weighted by Gasteiger charge is 2.04. The lowest BCUT2D eigenvalue weighted by molar-refractivity contribution is -0.136. The Morgan fingerprint density at radius 2 is 1.15 bits per heavy atom. The number of carboxylic acid groups (broad SMARTS) is 1. The minimum Gasteiger partial charge on any atom is -0.481 e. The van der Waals surface area contributed by atoms with Crippen molar-refractivity contribution in [2.24, 2.45) is 0 Å². The van der Waals surface area contributed by atoms with Crippen LogP contribution in [0.5, 0.6) is 0 Å². The molecule has 0 amide bonds. The molecule has 0 bridgehead atoms. The molecule has 0 atom stereocenters. The van der Waals surface area contributed by atoms with Crippen LogP contribution in [-0.2, 0) is 4.79 Å². The first-order valence-electron chi connectivity index (χ1n) is 11.6. The zero-order valence-corrected chi connectivity index (χ0v) is 18.5. The van der Waals surface area contributed by atoms with Crippen LogP contribution < -0.4 is 0 Å². The van der Waals surface area contributed by atoms with Crippen LogP contribution in [-0.4, -0.2) is 11.1 Å². The molecule has 0 aromatic heterocycles. The normalized spacial score (nSPS) is 11.2. The minimum absolute atomic E-state index is 0.271. The summed E-state index contributed by atoms with van der Waals surface area (Å²) in [5.74, 6) is -0.685. The fraction of sp³-hybridized carbons (Fsp3) is 0.800. The van der Waals surface area contributed by atoms with E-state index in [-0.39, 0.29) is 6.42 Å². The predicted octanol–water partition coefficient (Wildman–Crippen LogP) is 8.62. The highest BCUT2D eigenvalue weighted by Crippen LogP contribution is 2.19. The first kappa shape index (κ1) is 26.0. The molecule has 0 saturated heterocycles. The Balaban J connectivity index is 3.42. The molecule has 0 heterocycles. The van der Waals surface area contributed by atoms with Crippen LogP contribution in [0.1, 0.15) is 130 Å². The van der Waals surface area contributed by atoms with E-state index in [1.807, 2.05) is 0 Å². The summed E-state index contributed by atoms with van der Waals surface area (Å²) in [5.41, 5.74) is 2.66. The third kappa shape index (κ3) is 19.5.